The summed E-state index contributed by atoms with van der Waals surface area (Å²) in [6, 6.07) is 0. The molecule has 0 aromatic carbocycles. The van der Waals surface area contributed by atoms with Gasteiger partial charge in [0.05, 0.1) is 18.9 Å². The lowest BCUT2D eigenvalue weighted by atomic mass is 9.73. The number of hydrogen-bond donors (Lipinski definition) is 4. The minimum Gasteiger partial charge on any atom is -0.392 e. The van der Waals surface area contributed by atoms with Crippen molar-refractivity contribution in [1.29, 1.82) is 0 Å². The van der Waals surface area contributed by atoms with E-state index in [0.717, 1.165) is 31.9 Å². The molecule has 1 rings (SSSR count). The topological polar surface area (TPSA) is 103 Å². The zero-order chi connectivity index (χ0) is 18.4. The Morgan fingerprint density at radius 3 is 2.48 bits per heavy atom. The molecule has 0 radical (unpaired) electrons. The lowest BCUT2D eigenvalue weighted by Crippen LogP contribution is -2.50. The zero-order valence-corrected chi connectivity index (χ0v) is 19.2. The van der Waals surface area contributed by atoms with Crippen molar-refractivity contribution in [3.63, 3.8) is 0 Å². The lowest BCUT2D eigenvalue weighted by Gasteiger charge is -2.39. The molecule has 0 spiro atoms. The first kappa shape index (κ1) is 24.9. The van der Waals surface area contributed by atoms with Crippen molar-refractivity contribution in [2.24, 2.45) is 10.4 Å². The normalized spacial score (nSPS) is 25.2. The summed E-state index contributed by atoms with van der Waals surface area (Å²) in [5.74, 6) is 0.639. The van der Waals surface area contributed by atoms with Gasteiger partial charge in [-0.1, -0.05) is 19.8 Å². The molecule has 1 fully saturated rings. The van der Waals surface area contributed by atoms with Crippen LogP contribution in [0.4, 0.5) is 0 Å². The van der Waals surface area contributed by atoms with Crippen LogP contribution in [0.25, 0.3) is 0 Å². The van der Waals surface area contributed by atoms with E-state index in [-0.39, 0.29) is 35.5 Å². The molecule has 0 aromatic rings. The van der Waals surface area contributed by atoms with Gasteiger partial charge in [-0.25, -0.2) is 13.1 Å². The molecular formula is C16H35IN4O3S. The average Bonchev–Trinajstić information content (AvgIpc) is 2.43. The summed E-state index contributed by atoms with van der Waals surface area (Å²) in [5, 5.41) is 16.7. The highest BCUT2D eigenvalue weighted by molar-refractivity contribution is 14.0. The highest BCUT2D eigenvalue weighted by atomic mass is 127. The molecule has 7 nitrogen and oxygen atoms in total. The van der Waals surface area contributed by atoms with E-state index in [2.05, 4.69) is 27.3 Å². The van der Waals surface area contributed by atoms with Crippen molar-refractivity contribution < 1.29 is 13.5 Å². The van der Waals surface area contributed by atoms with Gasteiger partial charge in [0.15, 0.2) is 5.96 Å². The number of aliphatic imine (C=N–C) groups is 1. The highest BCUT2D eigenvalue weighted by Crippen LogP contribution is 2.35. The van der Waals surface area contributed by atoms with E-state index in [4.69, 9.17) is 0 Å². The molecule has 1 aliphatic rings. The van der Waals surface area contributed by atoms with E-state index in [1.54, 1.807) is 13.8 Å². The smallest absolute Gasteiger partial charge is 0.209 e. The van der Waals surface area contributed by atoms with Gasteiger partial charge in [-0.15, -0.1) is 24.0 Å². The molecule has 0 bridgehead atoms. The number of halogens is 1. The summed E-state index contributed by atoms with van der Waals surface area (Å²) in [7, 11) is -3.28. The standard InChI is InChI=1S/C16H34N4O3S.HI/c1-6-17-14(18-11-15(2,3)20-24(5,22)23)19-12-16(4)10-8-7-9-13(16)21;/h13,20-21H,6-12H2,1-5H3,(H2,17,18,19);1H. The Balaban J connectivity index is 0.00000576. The van der Waals surface area contributed by atoms with Crippen molar-refractivity contribution in [1.82, 2.24) is 15.4 Å². The van der Waals surface area contributed by atoms with Crippen LogP contribution in [0.1, 0.15) is 53.4 Å². The van der Waals surface area contributed by atoms with Gasteiger partial charge in [0.2, 0.25) is 10.0 Å². The third-order valence-corrected chi connectivity index (χ3v) is 5.30. The number of nitrogens with zero attached hydrogens (tertiary/aromatic N) is 1. The van der Waals surface area contributed by atoms with E-state index in [0.29, 0.717) is 25.6 Å². The van der Waals surface area contributed by atoms with Gasteiger partial charge in [0.1, 0.15) is 0 Å². The summed E-state index contributed by atoms with van der Waals surface area (Å²) in [6.07, 6.45) is 4.89. The number of sulfonamides is 1. The first-order valence-corrected chi connectivity index (χ1v) is 10.6. The SMILES string of the molecule is CCNC(=NCC(C)(C)NS(C)(=O)=O)NCC1(C)CCCCC1O.I. The Bertz CT molecular complexity index is 539. The second-order valence-electron chi connectivity index (χ2n) is 7.72. The summed E-state index contributed by atoms with van der Waals surface area (Å²) < 4.78 is 25.4. The van der Waals surface area contributed by atoms with E-state index in [1.165, 1.54) is 0 Å². The van der Waals surface area contributed by atoms with E-state index in [9.17, 15) is 13.5 Å². The van der Waals surface area contributed by atoms with E-state index < -0.39 is 15.6 Å². The molecule has 2 atom stereocenters. The summed E-state index contributed by atoms with van der Waals surface area (Å²) in [4.78, 5) is 4.50. The van der Waals surface area contributed by atoms with Crippen LogP contribution >= 0.6 is 24.0 Å². The van der Waals surface area contributed by atoms with Crippen LogP contribution in [-0.2, 0) is 10.0 Å². The lowest BCUT2D eigenvalue weighted by molar-refractivity contribution is 0.00397. The molecule has 0 aliphatic heterocycles. The van der Waals surface area contributed by atoms with Gasteiger partial charge < -0.3 is 15.7 Å². The van der Waals surface area contributed by atoms with Crippen LogP contribution in [0, 0.1) is 5.41 Å². The van der Waals surface area contributed by atoms with Gasteiger partial charge in [0.25, 0.3) is 0 Å². The van der Waals surface area contributed by atoms with Crippen LogP contribution in [-0.4, -0.2) is 57.0 Å². The van der Waals surface area contributed by atoms with Crippen LogP contribution in [0.3, 0.4) is 0 Å². The summed E-state index contributed by atoms with van der Waals surface area (Å²) in [6.45, 7) is 9.34. The molecule has 0 saturated heterocycles. The fourth-order valence-corrected chi connectivity index (χ4v) is 4.09. The number of aliphatic hydroxyl groups excluding tert-OH is 1. The molecule has 1 saturated carbocycles. The zero-order valence-electron chi connectivity index (χ0n) is 16.1. The predicted molar refractivity (Wildman–Crippen MR) is 114 cm³/mol. The molecular weight excluding hydrogens is 455 g/mol. The fraction of sp³-hybridized carbons (Fsp3) is 0.938. The molecule has 1 aliphatic carbocycles. The van der Waals surface area contributed by atoms with Gasteiger partial charge in [0, 0.05) is 24.0 Å². The van der Waals surface area contributed by atoms with Crippen LogP contribution in [0.5, 0.6) is 0 Å². The third kappa shape index (κ3) is 9.39. The number of guanidine groups is 1. The molecule has 9 heteroatoms. The van der Waals surface area contributed by atoms with Gasteiger partial charge >= 0.3 is 0 Å². The maximum absolute atomic E-state index is 11.4. The second-order valence-corrected chi connectivity index (χ2v) is 9.47. The Morgan fingerprint density at radius 2 is 1.96 bits per heavy atom. The largest absolute Gasteiger partial charge is 0.392 e. The third-order valence-electron chi connectivity index (χ3n) is 4.38. The molecule has 4 N–H and O–H groups in total. The minimum atomic E-state index is -3.28. The maximum atomic E-state index is 11.4. The monoisotopic (exact) mass is 490 g/mol. The minimum absolute atomic E-state index is 0. The van der Waals surface area contributed by atoms with Gasteiger partial charge in [-0.3, -0.25) is 4.99 Å². The molecule has 25 heavy (non-hydrogen) atoms. The maximum Gasteiger partial charge on any atom is 0.209 e. The van der Waals surface area contributed by atoms with Crippen molar-refractivity contribution in [3.05, 3.63) is 0 Å². The average molecular weight is 490 g/mol. The number of nitrogens with one attached hydrogen (secondary N) is 3. The first-order chi connectivity index (χ1) is 11.0. The van der Waals surface area contributed by atoms with E-state index in [1.807, 2.05) is 6.92 Å². The number of rotatable bonds is 7. The van der Waals surface area contributed by atoms with E-state index >= 15 is 0 Å². The molecule has 150 valence electrons. The number of aliphatic hydroxyl groups is 1. The number of hydrogen-bond acceptors (Lipinski definition) is 4. The van der Waals surface area contributed by atoms with Crippen LogP contribution in [0.15, 0.2) is 4.99 Å². The molecule has 0 aromatic heterocycles. The van der Waals surface area contributed by atoms with Crippen molar-refractivity contribution in [2.75, 3.05) is 25.9 Å². The van der Waals surface area contributed by atoms with Crippen LogP contribution < -0.4 is 15.4 Å². The van der Waals surface area contributed by atoms with Gasteiger partial charge in [-0.2, -0.15) is 0 Å². The van der Waals surface area contributed by atoms with Crippen molar-refractivity contribution >= 4 is 40.0 Å². The van der Waals surface area contributed by atoms with Gasteiger partial charge in [-0.05, 0) is 33.6 Å². The fourth-order valence-electron chi connectivity index (χ4n) is 3.03. The Hall–Kier alpha value is -0.130. The second kappa shape index (κ2) is 10.3. The van der Waals surface area contributed by atoms with Crippen LogP contribution in [0.2, 0.25) is 0 Å². The molecule has 0 amide bonds. The van der Waals surface area contributed by atoms with Crippen molar-refractivity contribution in [3.8, 4) is 0 Å². The molecule has 0 heterocycles. The highest BCUT2D eigenvalue weighted by Gasteiger charge is 2.35. The Kier molecular flexibility index (Phi) is 10.2. The first-order valence-electron chi connectivity index (χ1n) is 8.67. The Morgan fingerprint density at radius 1 is 1.32 bits per heavy atom. The van der Waals surface area contributed by atoms with Crippen molar-refractivity contribution in [2.45, 2.75) is 65.0 Å². The molecule has 2 unspecified atom stereocenters. The Labute approximate surface area is 169 Å². The summed E-state index contributed by atoms with van der Waals surface area (Å²) >= 11 is 0. The quantitative estimate of drug-likeness (QED) is 0.246. The predicted octanol–water partition coefficient (Wildman–Crippen LogP) is 1.43. The summed E-state index contributed by atoms with van der Waals surface area (Å²) in [5.41, 5.74) is -0.820.